The first-order valence-electron chi connectivity index (χ1n) is 7.52. The smallest absolute Gasteiger partial charge is 0.270 e. The Morgan fingerprint density at radius 3 is 2.75 bits per heavy atom. The van der Waals surface area contributed by atoms with E-state index in [1.807, 2.05) is 6.92 Å². The van der Waals surface area contributed by atoms with Gasteiger partial charge in [0.05, 0.1) is 6.20 Å². The fourth-order valence-electron chi connectivity index (χ4n) is 2.02. The van der Waals surface area contributed by atoms with Gasteiger partial charge in [-0.05, 0) is 19.3 Å². The predicted octanol–water partition coefficient (Wildman–Crippen LogP) is 2.19. The molecule has 2 atom stereocenters. The number of hydrogen-bond donors (Lipinski definition) is 1. The van der Waals surface area contributed by atoms with Crippen molar-refractivity contribution >= 4 is 0 Å². The Morgan fingerprint density at radius 1 is 1.45 bits per heavy atom. The molecule has 5 heteroatoms. The van der Waals surface area contributed by atoms with Crippen molar-refractivity contribution in [1.29, 1.82) is 0 Å². The molecule has 0 aliphatic heterocycles. The fourth-order valence-corrected chi connectivity index (χ4v) is 2.02. The molecule has 0 saturated heterocycles. The van der Waals surface area contributed by atoms with Crippen LogP contribution in [0.5, 0.6) is 5.75 Å². The molecular formula is C15H27N3O2. The number of aromatic nitrogens is 2. The Balaban J connectivity index is 2.65. The van der Waals surface area contributed by atoms with Crippen LogP contribution < -0.4 is 16.0 Å². The van der Waals surface area contributed by atoms with Crippen molar-refractivity contribution < 1.29 is 4.74 Å². The zero-order valence-corrected chi connectivity index (χ0v) is 12.8. The molecule has 114 valence electrons. The van der Waals surface area contributed by atoms with Gasteiger partial charge in [-0.3, -0.25) is 4.79 Å². The second kappa shape index (κ2) is 8.74. The van der Waals surface area contributed by atoms with Crippen LogP contribution in [-0.2, 0) is 6.54 Å². The molecule has 0 fully saturated rings. The van der Waals surface area contributed by atoms with Crippen LogP contribution in [-0.4, -0.2) is 22.4 Å². The van der Waals surface area contributed by atoms with Crippen molar-refractivity contribution in [3.63, 3.8) is 0 Å². The van der Waals surface area contributed by atoms with Crippen LogP contribution in [0.4, 0.5) is 0 Å². The van der Waals surface area contributed by atoms with Crippen LogP contribution in [0.3, 0.4) is 0 Å². The summed E-state index contributed by atoms with van der Waals surface area (Å²) in [5, 5.41) is 4.19. The SMILES string of the molecule is CCCCC(CC)Cn1ncc(OCC(C)N)cc1=O. The van der Waals surface area contributed by atoms with Gasteiger partial charge in [-0.15, -0.1) is 0 Å². The number of hydrogen-bond acceptors (Lipinski definition) is 4. The maximum atomic E-state index is 12.0. The number of nitrogens with two attached hydrogens (primary N) is 1. The first-order chi connectivity index (χ1) is 9.56. The summed E-state index contributed by atoms with van der Waals surface area (Å²) in [6, 6.07) is 1.43. The predicted molar refractivity (Wildman–Crippen MR) is 80.9 cm³/mol. The van der Waals surface area contributed by atoms with Crippen molar-refractivity contribution in [2.24, 2.45) is 11.7 Å². The van der Waals surface area contributed by atoms with E-state index in [0.717, 1.165) is 12.8 Å². The Morgan fingerprint density at radius 2 is 2.20 bits per heavy atom. The molecule has 20 heavy (non-hydrogen) atoms. The van der Waals surface area contributed by atoms with E-state index in [1.54, 1.807) is 6.20 Å². The van der Waals surface area contributed by atoms with E-state index in [0.29, 0.717) is 24.8 Å². The Labute approximate surface area is 121 Å². The van der Waals surface area contributed by atoms with Gasteiger partial charge in [-0.1, -0.05) is 33.1 Å². The lowest BCUT2D eigenvalue weighted by Gasteiger charge is -2.15. The molecule has 0 spiro atoms. The highest BCUT2D eigenvalue weighted by atomic mass is 16.5. The number of nitrogens with zero attached hydrogens (tertiary/aromatic N) is 2. The molecule has 0 saturated carbocycles. The molecule has 1 heterocycles. The highest BCUT2D eigenvalue weighted by molar-refractivity contribution is 5.13. The van der Waals surface area contributed by atoms with Gasteiger partial charge in [-0.25, -0.2) is 4.68 Å². The van der Waals surface area contributed by atoms with E-state index in [2.05, 4.69) is 18.9 Å². The summed E-state index contributed by atoms with van der Waals surface area (Å²) in [5.74, 6) is 1.00. The molecule has 5 nitrogen and oxygen atoms in total. The average Bonchev–Trinajstić information content (AvgIpc) is 2.43. The average molecular weight is 281 g/mol. The summed E-state index contributed by atoms with van der Waals surface area (Å²) in [6.45, 7) is 7.27. The molecule has 0 aliphatic rings. The fraction of sp³-hybridized carbons (Fsp3) is 0.733. The van der Waals surface area contributed by atoms with Gasteiger partial charge in [0, 0.05) is 18.7 Å². The minimum Gasteiger partial charge on any atom is -0.490 e. The van der Waals surface area contributed by atoms with Crippen LogP contribution in [0.1, 0.15) is 46.5 Å². The van der Waals surface area contributed by atoms with E-state index < -0.39 is 0 Å². The largest absolute Gasteiger partial charge is 0.490 e. The number of rotatable bonds is 9. The summed E-state index contributed by atoms with van der Waals surface area (Å²) < 4.78 is 6.93. The topological polar surface area (TPSA) is 70.1 Å². The second-order valence-corrected chi connectivity index (χ2v) is 5.42. The maximum Gasteiger partial charge on any atom is 0.270 e. The molecule has 1 rings (SSSR count). The van der Waals surface area contributed by atoms with Crippen molar-refractivity contribution in [3.8, 4) is 5.75 Å². The molecule has 2 N–H and O–H groups in total. The van der Waals surface area contributed by atoms with E-state index in [4.69, 9.17) is 10.5 Å². The van der Waals surface area contributed by atoms with Gasteiger partial charge < -0.3 is 10.5 Å². The molecule has 0 radical (unpaired) electrons. The van der Waals surface area contributed by atoms with E-state index in [-0.39, 0.29) is 11.6 Å². The van der Waals surface area contributed by atoms with Gasteiger partial charge in [0.25, 0.3) is 5.56 Å². The monoisotopic (exact) mass is 281 g/mol. The maximum absolute atomic E-state index is 12.0. The highest BCUT2D eigenvalue weighted by Gasteiger charge is 2.09. The number of ether oxygens (including phenoxy) is 1. The van der Waals surface area contributed by atoms with E-state index in [1.165, 1.54) is 23.6 Å². The molecular weight excluding hydrogens is 254 g/mol. The van der Waals surface area contributed by atoms with Crippen LogP contribution in [0.2, 0.25) is 0 Å². The van der Waals surface area contributed by atoms with Gasteiger partial charge in [-0.2, -0.15) is 5.10 Å². The molecule has 1 aromatic rings. The van der Waals surface area contributed by atoms with E-state index >= 15 is 0 Å². The van der Waals surface area contributed by atoms with Gasteiger partial charge >= 0.3 is 0 Å². The summed E-state index contributed by atoms with van der Waals surface area (Å²) in [5.41, 5.74) is 5.50. The van der Waals surface area contributed by atoms with Crippen LogP contribution in [0.15, 0.2) is 17.1 Å². The molecule has 0 amide bonds. The Kier molecular flexibility index (Phi) is 7.30. The van der Waals surface area contributed by atoms with Gasteiger partial charge in [0.15, 0.2) is 0 Å². The van der Waals surface area contributed by atoms with Crippen molar-refractivity contribution in [2.45, 2.75) is 59.0 Å². The zero-order chi connectivity index (χ0) is 15.0. The molecule has 0 aromatic carbocycles. The summed E-state index contributed by atoms with van der Waals surface area (Å²) >= 11 is 0. The first-order valence-corrected chi connectivity index (χ1v) is 7.52. The standard InChI is InChI=1S/C15H27N3O2/c1-4-6-7-13(5-2)10-18-15(19)8-14(9-17-18)20-11-12(3)16/h8-9,12-13H,4-7,10-11,16H2,1-3H3. The third-order valence-corrected chi connectivity index (χ3v) is 3.33. The third-order valence-electron chi connectivity index (χ3n) is 3.33. The Hall–Kier alpha value is -1.36. The highest BCUT2D eigenvalue weighted by Crippen LogP contribution is 2.14. The minimum atomic E-state index is -0.109. The number of unbranched alkanes of at least 4 members (excludes halogenated alkanes) is 1. The molecule has 2 unspecified atom stereocenters. The third kappa shape index (κ3) is 5.74. The molecule has 0 aliphatic carbocycles. The van der Waals surface area contributed by atoms with Crippen LogP contribution in [0.25, 0.3) is 0 Å². The van der Waals surface area contributed by atoms with E-state index in [9.17, 15) is 4.79 Å². The summed E-state index contributed by atoms with van der Waals surface area (Å²) in [4.78, 5) is 12.0. The van der Waals surface area contributed by atoms with Gasteiger partial charge in [0.2, 0.25) is 0 Å². The second-order valence-electron chi connectivity index (χ2n) is 5.42. The van der Waals surface area contributed by atoms with Crippen molar-refractivity contribution in [3.05, 3.63) is 22.6 Å². The van der Waals surface area contributed by atoms with Gasteiger partial charge in [0.1, 0.15) is 12.4 Å². The summed E-state index contributed by atoms with van der Waals surface area (Å²) in [7, 11) is 0. The first kappa shape index (κ1) is 16.7. The lowest BCUT2D eigenvalue weighted by molar-refractivity contribution is 0.290. The minimum absolute atomic E-state index is 0.0593. The quantitative estimate of drug-likeness (QED) is 0.753. The lowest BCUT2D eigenvalue weighted by atomic mass is 9.99. The summed E-state index contributed by atoms with van der Waals surface area (Å²) in [6.07, 6.45) is 6.18. The molecule has 0 bridgehead atoms. The van der Waals surface area contributed by atoms with Crippen LogP contribution in [0, 0.1) is 5.92 Å². The van der Waals surface area contributed by atoms with Crippen molar-refractivity contribution in [1.82, 2.24) is 9.78 Å². The Bertz CT molecular complexity index is 443. The lowest BCUT2D eigenvalue weighted by Crippen LogP contribution is -2.27. The van der Waals surface area contributed by atoms with Crippen LogP contribution >= 0.6 is 0 Å². The zero-order valence-electron chi connectivity index (χ0n) is 12.8. The molecule has 1 aromatic heterocycles. The normalized spacial score (nSPS) is 14.0. The van der Waals surface area contributed by atoms with Crippen molar-refractivity contribution in [2.75, 3.05) is 6.61 Å².